The van der Waals surface area contributed by atoms with Gasteiger partial charge >= 0.3 is 0 Å². The molecule has 0 amide bonds. The molecule has 0 atom stereocenters. The molecule has 4 aromatic rings. The summed E-state index contributed by atoms with van der Waals surface area (Å²) in [5.41, 5.74) is 3.92. The Hall–Kier alpha value is -2.94. The van der Waals surface area contributed by atoms with E-state index in [1.807, 2.05) is 66.9 Å². The summed E-state index contributed by atoms with van der Waals surface area (Å²) in [6, 6.07) is 22.2. The molecule has 0 saturated carbocycles. The molecule has 0 aliphatic carbocycles. The third-order valence-electron chi connectivity index (χ3n) is 3.49. The molecule has 0 fully saturated rings. The Kier molecular flexibility index (Phi) is 2.75. The molecule has 0 saturated heterocycles. The molecular formula is C18H13N3. The monoisotopic (exact) mass is 271 g/mol. The summed E-state index contributed by atoms with van der Waals surface area (Å²) in [6.07, 6.45) is 1.91. The lowest BCUT2D eigenvalue weighted by atomic mass is 10.1. The van der Waals surface area contributed by atoms with Gasteiger partial charge in [-0.1, -0.05) is 48.5 Å². The highest BCUT2D eigenvalue weighted by atomic mass is 14.9. The van der Waals surface area contributed by atoms with Crippen LogP contribution in [-0.4, -0.2) is 15.0 Å². The largest absolute Gasteiger partial charge is 0.360 e. The predicted octanol–water partition coefficient (Wildman–Crippen LogP) is 4.29. The number of nitrogens with one attached hydrogen (secondary N) is 1. The number of nitrogens with zero attached hydrogens (tertiary/aromatic N) is 2. The van der Waals surface area contributed by atoms with E-state index in [2.05, 4.69) is 11.1 Å². The Morgan fingerprint density at radius 3 is 2.33 bits per heavy atom. The number of aromatic nitrogens is 3. The molecule has 3 nitrogen and oxygen atoms in total. The predicted molar refractivity (Wildman–Crippen MR) is 84.8 cm³/mol. The summed E-state index contributed by atoms with van der Waals surface area (Å²) in [6.45, 7) is 0. The van der Waals surface area contributed by atoms with Crippen molar-refractivity contribution >= 4 is 10.9 Å². The molecule has 0 unspecified atom stereocenters. The van der Waals surface area contributed by atoms with Crippen LogP contribution in [0.25, 0.3) is 33.7 Å². The minimum Gasteiger partial charge on any atom is -0.360 e. The number of rotatable bonds is 2. The Bertz CT molecular complexity index is 881. The summed E-state index contributed by atoms with van der Waals surface area (Å²) in [5.74, 6) is 0.749. The van der Waals surface area contributed by atoms with E-state index in [1.54, 1.807) is 0 Å². The number of aromatic amines is 1. The molecule has 100 valence electrons. The number of fused-ring (bicyclic) bond motifs is 1. The Morgan fingerprint density at radius 2 is 1.52 bits per heavy atom. The third-order valence-corrected chi connectivity index (χ3v) is 3.49. The van der Waals surface area contributed by atoms with Gasteiger partial charge in [-0.3, -0.25) is 0 Å². The highest BCUT2D eigenvalue weighted by molar-refractivity contribution is 5.92. The number of hydrogen-bond donors (Lipinski definition) is 1. The van der Waals surface area contributed by atoms with E-state index in [0.717, 1.165) is 33.7 Å². The maximum atomic E-state index is 4.77. The second-order valence-corrected chi connectivity index (χ2v) is 4.86. The lowest BCUT2D eigenvalue weighted by Crippen LogP contribution is -1.94. The van der Waals surface area contributed by atoms with Gasteiger partial charge in [0, 0.05) is 17.1 Å². The molecule has 0 spiro atoms. The summed E-state index contributed by atoms with van der Waals surface area (Å²) < 4.78 is 0. The lowest BCUT2D eigenvalue weighted by Gasteiger charge is -2.07. The van der Waals surface area contributed by atoms with Crippen LogP contribution in [0.1, 0.15) is 0 Å². The molecule has 0 bridgehead atoms. The summed E-state index contributed by atoms with van der Waals surface area (Å²) >= 11 is 0. The van der Waals surface area contributed by atoms with Crippen molar-refractivity contribution in [1.82, 2.24) is 15.0 Å². The van der Waals surface area contributed by atoms with Crippen molar-refractivity contribution in [2.45, 2.75) is 0 Å². The molecule has 0 aliphatic heterocycles. The number of H-pyrrole nitrogens is 1. The first-order valence-electron chi connectivity index (χ1n) is 6.88. The summed E-state index contributed by atoms with van der Waals surface area (Å²) in [5, 5.41) is 1.06. The van der Waals surface area contributed by atoms with E-state index in [4.69, 9.17) is 9.97 Å². The highest BCUT2D eigenvalue weighted by Crippen LogP contribution is 2.27. The molecule has 2 aromatic carbocycles. The van der Waals surface area contributed by atoms with Crippen LogP contribution < -0.4 is 0 Å². The first-order valence-corrected chi connectivity index (χ1v) is 6.88. The minimum atomic E-state index is 0.749. The van der Waals surface area contributed by atoms with Crippen LogP contribution in [0, 0.1) is 0 Å². The molecular weight excluding hydrogens is 258 g/mol. The van der Waals surface area contributed by atoms with Crippen LogP contribution >= 0.6 is 0 Å². The van der Waals surface area contributed by atoms with Crippen LogP contribution in [0.3, 0.4) is 0 Å². The molecule has 1 N–H and O–H groups in total. The SMILES string of the molecule is c1ccc(-c2nc(-c3ccc[nH]3)c3ccccc3n2)cc1. The van der Waals surface area contributed by atoms with Gasteiger partial charge in [-0.25, -0.2) is 9.97 Å². The first-order chi connectivity index (χ1) is 10.4. The maximum Gasteiger partial charge on any atom is 0.160 e. The van der Waals surface area contributed by atoms with E-state index in [9.17, 15) is 0 Å². The van der Waals surface area contributed by atoms with E-state index in [1.165, 1.54) is 0 Å². The van der Waals surface area contributed by atoms with Gasteiger partial charge in [0.25, 0.3) is 0 Å². The van der Waals surface area contributed by atoms with Crippen LogP contribution in [0.4, 0.5) is 0 Å². The van der Waals surface area contributed by atoms with E-state index in [0.29, 0.717) is 0 Å². The quantitative estimate of drug-likeness (QED) is 0.591. The zero-order valence-corrected chi connectivity index (χ0v) is 11.3. The van der Waals surface area contributed by atoms with Crippen molar-refractivity contribution in [3.05, 3.63) is 72.9 Å². The van der Waals surface area contributed by atoms with E-state index >= 15 is 0 Å². The van der Waals surface area contributed by atoms with Crippen molar-refractivity contribution < 1.29 is 0 Å². The molecule has 21 heavy (non-hydrogen) atoms. The minimum absolute atomic E-state index is 0.749. The molecule has 0 aliphatic rings. The topological polar surface area (TPSA) is 41.6 Å². The van der Waals surface area contributed by atoms with Crippen LogP contribution in [0.2, 0.25) is 0 Å². The molecule has 2 aromatic heterocycles. The van der Waals surface area contributed by atoms with Crippen LogP contribution in [0.5, 0.6) is 0 Å². The van der Waals surface area contributed by atoms with Gasteiger partial charge in [-0.2, -0.15) is 0 Å². The van der Waals surface area contributed by atoms with Gasteiger partial charge in [0.15, 0.2) is 5.82 Å². The van der Waals surface area contributed by atoms with Crippen LogP contribution in [-0.2, 0) is 0 Å². The Labute approximate surface area is 122 Å². The van der Waals surface area contributed by atoms with Crippen molar-refractivity contribution in [2.75, 3.05) is 0 Å². The average Bonchev–Trinajstić information content (AvgIpc) is 3.09. The zero-order chi connectivity index (χ0) is 14.1. The smallest absolute Gasteiger partial charge is 0.160 e. The standard InChI is InChI=1S/C18H13N3/c1-2-7-13(8-3-1)18-20-15-10-5-4-9-14(15)17(21-18)16-11-6-12-19-16/h1-12,19H. The molecule has 0 radical (unpaired) electrons. The lowest BCUT2D eigenvalue weighted by molar-refractivity contribution is 1.21. The Balaban J connectivity index is 2.03. The van der Waals surface area contributed by atoms with Crippen molar-refractivity contribution in [3.8, 4) is 22.8 Å². The van der Waals surface area contributed by atoms with Gasteiger partial charge in [0.05, 0.1) is 16.9 Å². The van der Waals surface area contributed by atoms with Gasteiger partial charge in [0.1, 0.15) is 0 Å². The number of para-hydroxylation sites is 1. The van der Waals surface area contributed by atoms with Crippen molar-refractivity contribution in [2.24, 2.45) is 0 Å². The number of benzene rings is 2. The average molecular weight is 271 g/mol. The van der Waals surface area contributed by atoms with Gasteiger partial charge in [0.2, 0.25) is 0 Å². The van der Waals surface area contributed by atoms with Crippen molar-refractivity contribution in [1.29, 1.82) is 0 Å². The van der Waals surface area contributed by atoms with Gasteiger partial charge in [-0.15, -0.1) is 0 Å². The highest BCUT2D eigenvalue weighted by Gasteiger charge is 2.11. The van der Waals surface area contributed by atoms with E-state index < -0.39 is 0 Å². The van der Waals surface area contributed by atoms with Gasteiger partial charge in [-0.05, 0) is 18.2 Å². The number of hydrogen-bond acceptors (Lipinski definition) is 2. The van der Waals surface area contributed by atoms with Gasteiger partial charge < -0.3 is 4.98 Å². The fourth-order valence-electron chi connectivity index (χ4n) is 2.48. The third kappa shape index (κ3) is 2.09. The van der Waals surface area contributed by atoms with Crippen molar-refractivity contribution in [3.63, 3.8) is 0 Å². The second kappa shape index (κ2) is 4.87. The second-order valence-electron chi connectivity index (χ2n) is 4.86. The fourth-order valence-corrected chi connectivity index (χ4v) is 2.48. The fraction of sp³-hybridized carbons (Fsp3) is 0. The summed E-state index contributed by atoms with van der Waals surface area (Å²) in [4.78, 5) is 12.7. The van der Waals surface area contributed by atoms with E-state index in [-0.39, 0.29) is 0 Å². The molecule has 4 rings (SSSR count). The zero-order valence-electron chi connectivity index (χ0n) is 11.3. The summed E-state index contributed by atoms with van der Waals surface area (Å²) in [7, 11) is 0. The normalized spacial score (nSPS) is 10.9. The van der Waals surface area contributed by atoms with Crippen LogP contribution in [0.15, 0.2) is 72.9 Å². The maximum absolute atomic E-state index is 4.77. The molecule has 3 heteroatoms. The first kappa shape index (κ1) is 11.9. The molecule has 2 heterocycles. The Morgan fingerprint density at radius 1 is 0.714 bits per heavy atom.